The standard InChI is InChI=1S/C12H11Cl3N2OS/c13-6-4-7(14)9-8(5-6)19-11(10(9)15)12(18)17-3-1-2-16/h4-5H,1-3,16H2,(H,17,18). The lowest BCUT2D eigenvalue weighted by Crippen LogP contribution is -2.25. The molecule has 1 aromatic carbocycles. The Morgan fingerprint density at radius 3 is 2.74 bits per heavy atom. The number of nitrogens with two attached hydrogens (primary N) is 1. The highest BCUT2D eigenvalue weighted by molar-refractivity contribution is 7.21. The molecule has 0 radical (unpaired) electrons. The third-order valence-electron chi connectivity index (χ3n) is 2.52. The topological polar surface area (TPSA) is 55.1 Å². The van der Waals surface area contributed by atoms with Gasteiger partial charge in [0.25, 0.3) is 5.91 Å². The molecule has 3 N–H and O–H groups in total. The van der Waals surface area contributed by atoms with E-state index in [0.29, 0.717) is 38.4 Å². The molecule has 0 bridgehead atoms. The summed E-state index contributed by atoms with van der Waals surface area (Å²) < 4.78 is 0.798. The Morgan fingerprint density at radius 2 is 2.05 bits per heavy atom. The number of hydrogen-bond donors (Lipinski definition) is 2. The van der Waals surface area contributed by atoms with E-state index < -0.39 is 0 Å². The molecule has 3 nitrogen and oxygen atoms in total. The Kier molecular flexibility index (Phi) is 4.92. The molecule has 1 amide bonds. The quantitative estimate of drug-likeness (QED) is 0.830. The second kappa shape index (κ2) is 6.29. The summed E-state index contributed by atoms with van der Waals surface area (Å²) in [7, 11) is 0. The van der Waals surface area contributed by atoms with Gasteiger partial charge in [0.2, 0.25) is 0 Å². The number of benzene rings is 1. The van der Waals surface area contributed by atoms with Crippen LogP contribution in [-0.4, -0.2) is 19.0 Å². The average molecular weight is 338 g/mol. The molecule has 2 rings (SSSR count). The molecule has 0 aliphatic rings. The molecule has 0 saturated carbocycles. The number of carbonyl (C=O) groups excluding carboxylic acids is 1. The first kappa shape index (κ1) is 14.9. The largest absolute Gasteiger partial charge is 0.351 e. The summed E-state index contributed by atoms with van der Waals surface area (Å²) >= 11 is 19.5. The molecule has 7 heteroatoms. The van der Waals surface area contributed by atoms with E-state index >= 15 is 0 Å². The number of nitrogens with one attached hydrogen (secondary N) is 1. The Balaban J connectivity index is 2.37. The highest BCUT2D eigenvalue weighted by atomic mass is 35.5. The minimum Gasteiger partial charge on any atom is -0.351 e. The van der Waals surface area contributed by atoms with Gasteiger partial charge in [0.05, 0.1) is 10.0 Å². The second-order valence-corrected chi connectivity index (χ2v) is 6.18. The Morgan fingerprint density at radius 1 is 1.32 bits per heavy atom. The van der Waals surface area contributed by atoms with Gasteiger partial charge in [-0.25, -0.2) is 0 Å². The zero-order valence-corrected chi connectivity index (χ0v) is 12.9. The summed E-state index contributed by atoms with van der Waals surface area (Å²) in [6, 6.07) is 3.36. The van der Waals surface area contributed by atoms with Crippen LogP contribution in [0.4, 0.5) is 0 Å². The van der Waals surface area contributed by atoms with Crippen molar-refractivity contribution in [2.75, 3.05) is 13.1 Å². The van der Waals surface area contributed by atoms with E-state index in [1.165, 1.54) is 11.3 Å². The highest BCUT2D eigenvalue weighted by Gasteiger charge is 2.19. The number of amides is 1. The smallest absolute Gasteiger partial charge is 0.262 e. The molecule has 1 heterocycles. The fourth-order valence-electron chi connectivity index (χ4n) is 1.64. The fraction of sp³-hybridized carbons (Fsp3) is 0.250. The number of fused-ring (bicyclic) bond motifs is 1. The summed E-state index contributed by atoms with van der Waals surface area (Å²) in [5.74, 6) is -0.216. The van der Waals surface area contributed by atoms with Crippen LogP contribution >= 0.6 is 46.1 Å². The zero-order chi connectivity index (χ0) is 14.0. The van der Waals surface area contributed by atoms with Crippen molar-refractivity contribution in [1.29, 1.82) is 0 Å². The van der Waals surface area contributed by atoms with Gasteiger partial charge in [-0.15, -0.1) is 11.3 Å². The van der Waals surface area contributed by atoms with E-state index in [1.807, 2.05) is 0 Å². The van der Waals surface area contributed by atoms with Crippen LogP contribution in [0.15, 0.2) is 12.1 Å². The van der Waals surface area contributed by atoms with E-state index in [0.717, 1.165) is 11.1 Å². The lowest BCUT2D eigenvalue weighted by Gasteiger charge is -2.02. The SMILES string of the molecule is NCCCNC(=O)c1sc2cc(Cl)cc(Cl)c2c1Cl. The third kappa shape index (κ3) is 3.15. The molecule has 0 atom stereocenters. The normalized spacial score (nSPS) is 10.9. The lowest BCUT2D eigenvalue weighted by molar-refractivity contribution is 0.0958. The van der Waals surface area contributed by atoms with Crippen LogP contribution in [0.3, 0.4) is 0 Å². The molecule has 0 aliphatic carbocycles. The van der Waals surface area contributed by atoms with Gasteiger partial charge >= 0.3 is 0 Å². The number of halogens is 3. The molecule has 0 fully saturated rings. The first-order valence-corrected chi connectivity index (χ1v) is 7.55. The second-order valence-electron chi connectivity index (χ2n) is 3.90. The molecule has 19 heavy (non-hydrogen) atoms. The predicted molar refractivity (Wildman–Crippen MR) is 82.9 cm³/mol. The molecule has 102 valence electrons. The Bertz CT molecular complexity index is 627. The van der Waals surface area contributed by atoms with Crippen molar-refractivity contribution in [2.24, 2.45) is 5.73 Å². The summed E-state index contributed by atoms with van der Waals surface area (Å²) in [6.45, 7) is 1.05. The van der Waals surface area contributed by atoms with Gasteiger partial charge in [-0.1, -0.05) is 34.8 Å². The van der Waals surface area contributed by atoms with Crippen molar-refractivity contribution >= 4 is 62.1 Å². The van der Waals surface area contributed by atoms with Crippen molar-refractivity contribution in [1.82, 2.24) is 5.32 Å². The zero-order valence-electron chi connectivity index (χ0n) is 9.80. The number of carbonyl (C=O) groups is 1. The number of thiophene rings is 1. The Labute approximate surface area is 129 Å². The average Bonchev–Trinajstić information content (AvgIpc) is 2.66. The molecule has 0 aliphatic heterocycles. The Hall–Kier alpha value is -0.520. The van der Waals surface area contributed by atoms with Crippen LogP contribution in [0.5, 0.6) is 0 Å². The van der Waals surface area contributed by atoms with Crippen LogP contribution in [-0.2, 0) is 0 Å². The van der Waals surface area contributed by atoms with E-state index in [1.54, 1.807) is 12.1 Å². The van der Waals surface area contributed by atoms with Gasteiger partial charge in [-0.3, -0.25) is 4.79 Å². The molecule has 0 unspecified atom stereocenters. The van der Waals surface area contributed by atoms with Gasteiger partial charge in [0.15, 0.2) is 0 Å². The van der Waals surface area contributed by atoms with Crippen LogP contribution < -0.4 is 11.1 Å². The molecule has 2 aromatic rings. The van der Waals surface area contributed by atoms with Gasteiger partial charge in [-0.05, 0) is 25.1 Å². The maximum atomic E-state index is 12.0. The predicted octanol–water partition coefficient (Wildman–Crippen LogP) is 3.94. The van der Waals surface area contributed by atoms with Crippen LogP contribution in [0, 0.1) is 0 Å². The highest BCUT2D eigenvalue weighted by Crippen LogP contribution is 2.41. The van der Waals surface area contributed by atoms with Crippen LogP contribution in [0.25, 0.3) is 10.1 Å². The number of rotatable bonds is 4. The summed E-state index contributed by atoms with van der Waals surface area (Å²) in [4.78, 5) is 12.4. The molecular formula is C12H11Cl3N2OS. The summed E-state index contributed by atoms with van der Waals surface area (Å²) in [5.41, 5.74) is 5.37. The van der Waals surface area contributed by atoms with Crippen molar-refractivity contribution in [3.05, 3.63) is 32.1 Å². The third-order valence-corrected chi connectivity index (χ3v) is 4.66. The van der Waals surface area contributed by atoms with Crippen LogP contribution in [0.2, 0.25) is 15.1 Å². The molecular weight excluding hydrogens is 327 g/mol. The van der Waals surface area contributed by atoms with Gasteiger partial charge in [0.1, 0.15) is 4.88 Å². The molecule has 0 saturated heterocycles. The monoisotopic (exact) mass is 336 g/mol. The minimum atomic E-state index is -0.216. The van der Waals surface area contributed by atoms with E-state index in [4.69, 9.17) is 40.5 Å². The van der Waals surface area contributed by atoms with E-state index in [2.05, 4.69) is 5.32 Å². The van der Waals surface area contributed by atoms with Crippen LogP contribution in [0.1, 0.15) is 16.1 Å². The van der Waals surface area contributed by atoms with E-state index in [9.17, 15) is 4.79 Å². The van der Waals surface area contributed by atoms with Crippen molar-refractivity contribution in [3.63, 3.8) is 0 Å². The van der Waals surface area contributed by atoms with Gasteiger partial charge in [-0.2, -0.15) is 0 Å². The first-order valence-electron chi connectivity index (χ1n) is 5.60. The first-order chi connectivity index (χ1) is 9.04. The summed E-state index contributed by atoms with van der Waals surface area (Å²) in [5, 5.41) is 4.77. The lowest BCUT2D eigenvalue weighted by atomic mass is 10.2. The van der Waals surface area contributed by atoms with Crippen molar-refractivity contribution < 1.29 is 4.79 Å². The van der Waals surface area contributed by atoms with Gasteiger partial charge in [0, 0.05) is 21.7 Å². The maximum absolute atomic E-state index is 12.0. The van der Waals surface area contributed by atoms with Crippen molar-refractivity contribution in [3.8, 4) is 0 Å². The van der Waals surface area contributed by atoms with Crippen molar-refractivity contribution in [2.45, 2.75) is 6.42 Å². The van der Waals surface area contributed by atoms with Gasteiger partial charge < -0.3 is 11.1 Å². The minimum absolute atomic E-state index is 0.216. The number of hydrogen-bond acceptors (Lipinski definition) is 3. The summed E-state index contributed by atoms with van der Waals surface area (Å²) in [6.07, 6.45) is 0.723. The fourth-order valence-corrected chi connectivity index (χ4v) is 3.94. The van der Waals surface area contributed by atoms with E-state index in [-0.39, 0.29) is 5.91 Å². The maximum Gasteiger partial charge on any atom is 0.262 e. The molecule has 0 spiro atoms. The molecule has 1 aromatic heterocycles.